The van der Waals surface area contributed by atoms with Crippen LogP contribution in [0.4, 0.5) is 0 Å². The monoisotopic (exact) mass is 284 g/mol. The Kier molecular flexibility index (Phi) is 5.98. The molecule has 1 atom stereocenters. The van der Waals surface area contributed by atoms with Gasteiger partial charge in [-0.25, -0.2) is 13.1 Å². The van der Waals surface area contributed by atoms with E-state index in [2.05, 4.69) is 10.0 Å². The molecule has 106 valence electrons. The number of carbonyl (C=O) groups excluding carboxylic acids is 1. The smallest absolute Gasteiger partial charge is 0.240 e. The normalized spacial score (nSPS) is 12.9. The molecule has 0 aromatic heterocycles. The molecular weight excluding hydrogens is 264 g/mol. The fraction of sp³-hybridized carbons (Fsp3) is 0.462. The van der Waals surface area contributed by atoms with Crippen LogP contribution in [0.3, 0.4) is 0 Å². The summed E-state index contributed by atoms with van der Waals surface area (Å²) in [6.45, 7) is 3.98. The lowest BCUT2D eigenvalue weighted by Crippen LogP contribution is -2.35. The number of amides is 1. The van der Waals surface area contributed by atoms with Gasteiger partial charge in [0, 0.05) is 19.0 Å². The second-order valence-corrected chi connectivity index (χ2v) is 6.10. The molecule has 6 heteroatoms. The Bertz CT molecular complexity index is 500. The molecule has 1 aromatic carbocycles. The summed E-state index contributed by atoms with van der Waals surface area (Å²) in [6, 6.07) is 8.20. The van der Waals surface area contributed by atoms with E-state index in [1.54, 1.807) is 18.2 Å². The molecule has 19 heavy (non-hydrogen) atoms. The van der Waals surface area contributed by atoms with Crippen LogP contribution in [0.15, 0.2) is 35.2 Å². The summed E-state index contributed by atoms with van der Waals surface area (Å²) in [5, 5.41) is 2.78. The highest BCUT2D eigenvalue weighted by molar-refractivity contribution is 7.89. The Morgan fingerprint density at radius 3 is 2.47 bits per heavy atom. The summed E-state index contributed by atoms with van der Waals surface area (Å²) < 4.78 is 26.1. The highest BCUT2D eigenvalue weighted by atomic mass is 32.2. The van der Waals surface area contributed by atoms with Gasteiger partial charge in [-0.15, -0.1) is 0 Å². The van der Waals surface area contributed by atoms with Crippen LogP contribution in [-0.4, -0.2) is 26.9 Å². The molecule has 0 aliphatic rings. The van der Waals surface area contributed by atoms with E-state index in [1.165, 1.54) is 12.1 Å². The molecule has 0 radical (unpaired) electrons. The maximum atomic E-state index is 11.8. The van der Waals surface area contributed by atoms with Gasteiger partial charge in [-0.2, -0.15) is 0 Å². The molecule has 5 nitrogen and oxygen atoms in total. The maximum absolute atomic E-state index is 11.8. The summed E-state index contributed by atoms with van der Waals surface area (Å²) in [4.78, 5) is 11.7. The first-order valence-electron chi connectivity index (χ1n) is 6.29. The van der Waals surface area contributed by atoms with E-state index in [0.29, 0.717) is 0 Å². The van der Waals surface area contributed by atoms with Crippen LogP contribution in [-0.2, 0) is 14.8 Å². The lowest BCUT2D eigenvalue weighted by molar-refractivity contribution is -0.121. The molecule has 1 rings (SSSR count). The Hall–Kier alpha value is -1.40. The first-order chi connectivity index (χ1) is 8.95. The minimum atomic E-state index is -3.52. The molecule has 0 fully saturated rings. The summed E-state index contributed by atoms with van der Waals surface area (Å²) >= 11 is 0. The highest BCUT2D eigenvalue weighted by Crippen LogP contribution is 2.06. The van der Waals surface area contributed by atoms with Gasteiger partial charge in [0.25, 0.3) is 0 Å². The topological polar surface area (TPSA) is 75.3 Å². The number of hydrogen-bond donors (Lipinski definition) is 2. The number of nitrogens with one attached hydrogen (secondary N) is 2. The highest BCUT2D eigenvalue weighted by Gasteiger charge is 2.13. The maximum Gasteiger partial charge on any atom is 0.240 e. The third kappa shape index (κ3) is 5.40. The van der Waals surface area contributed by atoms with Crippen LogP contribution >= 0.6 is 0 Å². The predicted molar refractivity (Wildman–Crippen MR) is 74.1 cm³/mol. The van der Waals surface area contributed by atoms with Gasteiger partial charge in [0.15, 0.2) is 0 Å². The Morgan fingerprint density at radius 2 is 1.89 bits per heavy atom. The van der Waals surface area contributed by atoms with E-state index < -0.39 is 10.0 Å². The molecule has 0 saturated heterocycles. The van der Waals surface area contributed by atoms with Crippen molar-refractivity contribution in [2.45, 2.75) is 37.6 Å². The second-order valence-electron chi connectivity index (χ2n) is 4.34. The SMILES string of the molecule is CC[C@@H](C)NC(=O)CCNS(=O)(=O)c1ccccc1. The fourth-order valence-corrected chi connectivity index (χ4v) is 2.48. The predicted octanol–water partition coefficient (Wildman–Crippen LogP) is 1.27. The average molecular weight is 284 g/mol. The number of benzene rings is 1. The molecule has 2 N–H and O–H groups in total. The summed E-state index contributed by atoms with van der Waals surface area (Å²) in [6.07, 6.45) is 0.984. The van der Waals surface area contributed by atoms with Crippen molar-refractivity contribution in [3.05, 3.63) is 30.3 Å². The molecule has 0 unspecified atom stereocenters. The summed E-state index contributed by atoms with van der Waals surface area (Å²) in [5.74, 6) is -0.148. The quantitative estimate of drug-likeness (QED) is 0.791. The van der Waals surface area contributed by atoms with Gasteiger partial charge in [-0.05, 0) is 25.5 Å². The van der Waals surface area contributed by atoms with Crippen molar-refractivity contribution in [2.24, 2.45) is 0 Å². The van der Waals surface area contributed by atoms with Crippen LogP contribution in [0.25, 0.3) is 0 Å². The molecule has 0 spiro atoms. The van der Waals surface area contributed by atoms with Gasteiger partial charge in [-0.1, -0.05) is 25.1 Å². The number of hydrogen-bond acceptors (Lipinski definition) is 3. The molecule has 0 saturated carbocycles. The average Bonchev–Trinajstić information content (AvgIpc) is 2.39. The fourth-order valence-electron chi connectivity index (χ4n) is 1.43. The van der Waals surface area contributed by atoms with E-state index in [0.717, 1.165) is 6.42 Å². The molecular formula is C13H20N2O3S. The summed E-state index contributed by atoms with van der Waals surface area (Å²) in [7, 11) is -3.52. The van der Waals surface area contributed by atoms with Gasteiger partial charge < -0.3 is 5.32 Å². The van der Waals surface area contributed by atoms with Crippen molar-refractivity contribution < 1.29 is 13.2 Å². The molecule has 0 aliphatic carbocycles. The molecule has 0 aliphatic heterocycles. The van der Waals surface area contributed by atoms with Crippen LogP contribution < -0.4 is 10.0 Å². The zero-order chi connectivity index (χ0) is 14.3. The van der Waals surface area contributed by atoms with Crippen LogP contribution in [0, 0.1) is 0 Å². The van der Waals surface area contributed by atoms with E-state index in [4.69, 9.17) is 0 Å². The summed E-state index contributed by atoms with van der Waals surface area (Å²) in [5.41, 5.74) is 0. The third-order valence-electron chi connectivity index (χ3n) is 2.72. The van der Waals surface area contributed by atoms with Crippen molar-refractivity contribution in [1.29, 1.82) is 0 Å². The van der Waals surface area contributed by atoms with Gasteiger partial charge in [0.05, 0.1) is 4.90 Å². The van der Waals surface area contributed by atoms with E-state index in [-0.39, 0.29) is 29.8 Å². The third-order valence-corrected chi connectivity index (χ3v) is 4.19. The van der Waals surface area contributed by atoms with Gasteiger partial charge in [-0.3, -0.25) is 4.79 Å². The van der Waals surface area contributed by atoms with Crippen molar-refractivity contribution in [1.82, 2.24) is 10.0 Å². The first-order valence-corrected chi connectivity index (χ1v) is 7.78. The zero-order valence-corrected chi connectivity index (χ0v) is 12.0. The minimum absolute atomic E-state index is 0.0967. The van der Waals surface area contributed by atoms with Gasteiger partial charge in [0.2, 0.25) is 15.9 Å². The lowest BCUT2D eigenvalue weighted by atomic mass is 10.2. The number of rotatable bonds is 7. The van der Waals surface area contributed by atoms with E-state index in [9.17, 15) is 13.2 Å². The first kappa shape index (κ1) is 15.7. The molecule has 1 aromatic rings. The van der Waals surface area contributed by atoms with E-state index >= 15 is 0 Å². The van der Waals surface area contributed by atoms with Gasteiger partial charge >= 0.3 is 0 Å². The van der Waals surface area contributed by atoms with Crippen LogP contribution in [0.5, 0.6) is 0 Å². The Morgan fingerprint density at radius 1 is 1.26 bits per heavy atom. The van der Waals surface area contributed by atoms with E-state index in [1.807, 2.05) is 13.8 Å². The number of sulfonamides is 1. The van der Waals surface area contributed by atoms with Crippen LogP contribution in [0.2, 0.25) is 0 Å². The van der Waals surface area contributed by atoms with Crippen molar-refractivity contribution in [3.63, 3.8) is 0 Å². The molecule has 1 amide bonds. The Labute approximate surface area is 114 Å². The van der Waals surface area contributed by atoms with Gasteiger partial charge in [0.1, 0.15) is 0 Å². The standard InChI is InChI=1S/C13H20N2O3S/c1-3-11(2)15-13(16)9-10-14-19(17,18)12-7-5-4-6-8-12/h4-8,11,14H,3,9-10H2,1-2H3,(H,15,16)/t11-/m1/s1. The number of carbonyl (C=O) groups is 1. The van der Waals surface area contributed by atoms with Crippen LogP contribution in [0.1, 0.15) is 26.7 Å². The second kappa shape index (κ2) is 7.25. The lowest BCUT2D eigenvalue weighted by Gasteiger charge is -2.11. The molecule has 0 heterocycles. The minimum Gasteiger partial charge on any atom is -0.354 e. The Balaban J connectivity index is 2.43. The van der Waals surface area contributed by atoms with Crippen molar-refractivity contribution in [3.8, 4) is 0 Å². The van der Waals surface area contributed by atoms with Crippen molar-refractivity contribution >= 4 is 15.9 Å². The van der Waals surface area contributed by atoms with Crippen molar-refractivity contribution in [2.75, 3.05) is 6.54 Å². The zero-order valence-electron chi connectivity index (χ0n) is 11.2. The molecule has 0 bridgehead atoms. The largest absolute Gasteiger partial charge is 0.354 e.